The summed E-state index contributed by atoms with van der Waals surface area (Å²) < 4.78 is 19.1. The van der Waals surface area contributed by atoms with Gasteiger partial charge in [0.15, 0.2) is 0 Å². The van der Waals surface area contributed by atoms with Crippen LogP contribution < -0.4 is 0 Å². The Hall–Kier alpha value is -2.17. The number of aryl methyl sites for hydroxylation is 1. The standard InChI is InChI=1S/C17H19FN2O2/c1-12-11-15(19-22-12)16-9-3-2-6-10-20(16)17(21)13-7-4-5-8-14(13)18/h4-5,7-8,11,16H,2-3,6,9-10H2,1H3. The summed E-state index contributed by atoms with van der Waals surface area (Å²) in [6, 6.07) is 7.84. The Morgan fingerprint density at radius 3 is 2.86 bits per heavy atom. The second-order valence-corrected chi connectivity index (χ2v) is 5.71. The van der Waals surface area contributed by atoms with Gasteiger partial charge in [0.25, 0.3) is 5.91 Å². The number of nitrogens with zero attached hydrogens (tertiary/aromatic N) is 2. The molecular weight excluding hydrogens is 283 g/mol. The Morgan fingerprint density at radius 1 is 1.32 bits per heavy atom. The van der Waals surface area contributed by atoms with Gasteiger partial charge in [-0.05, 0) is 31.9 Å². The third-order valence-electron chi connectivity index (χ3n) is 4.11. The number of rotatable bonds is 2. The maximum absolute atomic E-state index is 13.9. The van der Waals surface area contributed by atoms with Crippen LogP contribution in [0.5, 0.6) is 0 Å². The molecule has 0 radical (unpaired) electrons. The van der Waals surface area contributed by atoms with Crippen molar-refractivity contribution in [2.45, 2.75) is 38.6 Å². The van der Waals surface area contributed by atoms with Crippen molar-refractivity contribution in [2.24, 2.45) is 0 Å². The van der Waals surface area contributed by atoms with E-state index in [9.17, 15) is 9.18 Å². The molecule has 1 atom stereocenters. The number of benzene rings is 1. The molecule has 0 saturated carbocycles. The van der Waals surface area contributed by atoms with Gasteiger partial charge < -0.3 is 9.42 Å². The van der Waals surface area contributed by atoms with E-state index >= 15 is 0 Å². The predicted molar refractivity (Wildman–Crippen MR) is 79.9 cm³/mol. The van der Waals surface area contributed by atoms with Crippen LogP contribution >= 0.6 is 0 Å². The van der Waals surface area contributed by atoms with Crippen LogP contribution in [0.3, 0.4) is 0 Å². The Balaban J connectivity index is 1.94. The van der Waals surface area contributed by atoms with Gasteiger partial charge in [-0.25, -0.2) is 4.39 Å². The number of carbonyl (C=O) groups excluding carboxylic acids is 1. The number of likely N-dealkylation sites (tertiary alicyclic amines) is 1. The summed E-state index contributed by atoms with van der Waals surface area (Å²) in [7, 11) is 0. The van der Waals surface area contributed by atoms with Crippen molar-refractivity contribution < 1.29 is 13.7 Å². The molecule has 1 saturated heterocycles. The van der Waals surface area contributed by atoms with Crippen molar-refractivity contribution in [1.82, 2.24) is 10.1 Å². The van der Waals surface area contributed by atoms with E-state index in [-0.39, 0.29) is 17.5 Å². The van der Waals surface area contributed by atoms with E-state index in [0.717, 1.165) is 37.1 Å². The van der Waals surface area contributed by atoms with E-state index in [4.69, 9.17) is 4.52 Å². The molecule has 3 rings (SSSR count). The van der Waals surface area contributed by atoms with Gasteiger partial charge in [-0.3, -0.25) is 4.79 Å². The Labute approximate surface area is 128 Å². The van der Waals surface area contributed by atoms with Gasteiger partial charge in [0.05, 0.1) is 11.6 Å². The molecule has 1 aromatic carbocycles. The molecule has 1 aliphatic rings. The molecule has 2 aromatic rings. The van der Waals surface area contributed by atoms with Crippen LogP contribution in [0.15, 0.2) is 34.9 Å². The predicted octanol–water partition coefficient (Wildman–Crippen LogP) is 3.88. The minimum absolute atomic E-state index is 0.120. The normalized spacial score (nSPS) is 19.0. The van der Waals surface area contributed by atoms with Crippen molar-refractivity contribution in [3.05, 3.63) is 53.2 Å². The summed E-state index contributed by atoms with van der Waals surface area (Å²) in [6.07, 6.45) is 3.84. The van der Waals surface area contributed by atoms with E-state index in [2.05, 4.69) is 5.16 Å². The van der Waals surface area contributed by atoms with Gasteiger partial charge in [-0.15, -0.1) is 0 Å². The van der Waals surface area contributed by atoms with E-state index in [1.165, 1.54) is 12.1 Å². The lowest BCUT2D eigenvalue weighted by Gasteiger charge is -2.28. The van der Waals surface area contributed by atoms with Crippen molar-refractivity contribution >= 4 is 5.91 Å². The maximum atomic E-state index is 13.9. The summed E-state index contributed by atoms with van der Waals surface area (Å²) in [4.78, 5) is 14.5. The minimum atomic E-state index is -0.480. The van der Waals surface area contributed by atoms with Crippen LogP contribution in [0.4, 0.5) is 4.39 Å². The molecular formula is C17H19FN2O2. The molecule has 1 aromatic heterocycles. The number of carbonyl (C=O) groups is 1. The first-order valence-corrected chi connectivity index (χ1v) is 7.65. The van der Waals surface area contributed by atoms with Crippen molar-refractivity contribution in [2.75, 3.05) is 6.54 Å². The third-order valence-corrected chi connectivity index (χ3v) is 4.11. The van der Waals surface area contributed by atoms with Gasteiger partial charge in [0.1, 0.15) is 17.3 Å². The lowest BCUT2D eigenvalue weighted by Crippen LogP contribution is -2.35. The van der Waals surface area contributed by atoms with Gasteiger partial charge in [0, 0.05) is 12.6 Å². The molecule has 1 fully saturated rings. The summed E-state index contributed by atoms with van der Waals surface area (Å²) in [5.41, 5.74) is 0.874. The number of aromatic nitrogens is 1. The summed E-state index contributed by atoms with van der Waals surface area (Å²) >= 11 is 0. The van der Waals surface area contributed by atoms with Crippen LogP contribution in [-0.2, 0) is 0 Å². The number of hydrogen-bond donors (Lipinski definition) is 0. The van der Waals surface area contributed by atoms with Crippen LogP contribution in [0.25, 0.3) is 0 Å². The minimum Gasteiger partial charge on any atom is -0.361 e. The SMILES string of the molecule is Cc1cc(C2CCCCCN2C(=O)c2ccccc2F)no1. The molecule has 0 aliphatic carbocycles. The molecule has 5 heteroatoms. The lowest BCUT2D eigenvalue weighted by molar-refractivity contribution is 0.0669. The van der Waals surface area contributed by atoms with Crippen LogP contribution in [0.2, 0.25) is 0 Å². The maximum Gasteiger partial charge on any atom is 0.257 e. The van der Waals surface area contributed by atoms with Crippen molar-refractivity contribution in [3.8, 4) is 0 Å². The van der Waals surface area contributed by atoms with Gasteiger partial charge >= 0.3 is 0 Å². The Kier molecular flexibility index (Phi) is 4.22. The molecule has 4 nitrogen and oxygen atoms in total. The highest BCUT2D eigenvalue weighted by atomic mass is 19.1. The number of halogens is 1. The van der Waals surface area contributed by atoms with Gasteiger partial charge in [-0.1, -0.05) is 30.1 Å². The fraction of sp³-hybridized carbons (Fsp3) is 0.412. The second kappa shape index (κ2) is 6.30. The molecule has 116 valence electrons. The summed E-state index contributed by atoms with van der Waals surface area (Å²) in [5, 5.41) is 4.07. The molecule has 0 N–H and O–H groups in total. The van der Waals surface area contributed by atoms with Gasteiger partial charge in [-0.2, -0.15) is 0 Å². The lowest BCUT2D eigenvalue weighted by atomic mass is 10.0. The molecule has 1 unspecified atom stereocenters. The fourth-order valence-corrected chi connectivity index (χ4v) is 2.99. The molecule has 1 amide bonds. The first kappa shape index (κ1) is 14.8. The smallest absolute Gasteiger partial charge is 0.257 e. The quantitative estimate of drug-likeness (QED) is 0.845. The highest BCUT2D eigenvalue weighted by molar-refractivity contribution is 5.94. The zero-order valence-electron chi connectivity index (χ0n) is 12.6. The molecule has 0 spiro atoms. The van der Waals surface area contributed by atoms with Crippen LogP contribution in [-0.4, -0.2) is 22.5 Å². The molecule has 0 bridgehead atoms. The molecule has 22 heavy (non-hydrogen) atoms. The summed E-state index contributed by atoms with van der Waals surface area (Å²) in [6.45, 7) is 2.44. The van der Waals surface area contributed by atoms with Crippen molar-refractivity contribution in [3.63, 3.8) is 0 Å². The average molecular weight is 302 g/mol. The first-order valence-electron chi connectivity index (χ1n) is 7.65. The zero-order valence-corrected chi connectivity index (χ0v) is 12.6. The Morgan fingerprint density at radius 2 is 2.14 bits per heavy atom. The molecule has 1 aliphatic heterocycles. The third kappa shape index (κ3) is 2.89. The first-order chi connectivity index (χ1) is 10.7. The van der Waals surface area contributed by atoms with Crippen LogP contribution in [0, 0.1) is 12.7 Å². The molecule has 2 heterocycles. The largest absolute Gasteiger partial charge is 0.361 e. The second-order valence-electron chi connectivity index (χ2n) is 5.71. The van der Waals surface area contributed by atoms with E-state index in [1.807, 2.05) is 13.0 Å². The van der Waals surface area contributed by atoms with Gasteiger partial charge in [0.2, 0.25) is 0 Å². The van der Waals surface area contributed by atoms with Crippen LogP contribution in [0.1, 0.15) is 53.5 Å². The highest BCUT2D eigenvalue weighted by Gasteiger charge is 2.30. The van der Waals surface area contributed by atoms with E-state index in [1.54, 1.807) is 17.0 Å². The average Bonchev–Trinajstić information content (AvgIpc) is 2.80. The number of amides is 1. The Bertz CT molecular complexity index is 668. The topological polar surface area (TPSA) is 46.3 Å². The highest BCUT2D eigenvalue weighted by Crippen LogP contribution is 2.31. The van der Waals surface area contributed by atoms with Crippen molar-refractivity contribution in [1.29, 1.82) is 0 Å². The summed E-state index contributed by atoms with van der Waals surface area (Å²) in [5.74, 6) is -0.0324. The van der Waals surface area contributed by atoms with E-state index in [0.29, 0.717) is 6.54 Å². The number of hydrogen-bond acceptors (Lipinski definition) is 3. The fourth-order valence-electron chi connectivity index (χ4n) is 2.99. The zero-order chi connectivity index (χ0) is 15.5. The monoisotopic (exact) mass is 302 g/mol. The van der Waals surface area contributed by atoms with E-state index < -0.39 is 5.82 Å².